The van der Waals surface area contributed by atoms with Gasteiger partial charge in [-0.1, -0.05) is 12.1 Å². The Balaban J connectivity index is 2.48. The van der Waals surface area contributed by atoms with Gasteiger partial charge in [-0.2, -0.15) is 0 Å². The summed E-state index contributed by atoms with van der Waals surface area (Å²) in [5.74, 6) is -1.04. The van der Waals surface area contributed by atoms with Gasteiger partial charge < -0.3 is 10.0 Å². The van der Waals surface area contributed by atoms with Gasteiger partial charge in [0.1, 0.15) is 0 Å². The van der Waals surface area contributed by atoms with Gasteiger partial charge in [0.05, 0.1) is 12.7 Å². The van der Waals surface area contributed by atoms with E-state index < -0.39 is 5.97 Å². The molecule has 0 aromatic carbocycles. The van der Waals surface area contributed by atoms with E-state index in [1.54, 1.807) is 0 Å². The van der Waals surface area contributed by atoms with E-state index in [2.05, 4.69) is 22.1 Å². The van der Waals surface area contributed by atoms with Crippen LogP contribution >= 0.6 is 0 Å². The van der Waals surface area contributed by atoms with Crippen LogP contribution in [-0.2, 0) is 6.54 Å². The van der Waals surface area contributed by atoms with Crippen molar-refractivity contribution in [2.75, 3.05) is 20.1 Å². The fourth-order valence-electron chi connectivity index (χ4n) is 0.937. The SMILES string of the molecule is CCN(C)CCn1cc(C(=O)O)nn1. The number of carboxylic acids is 1. The Morgan fingerprint density at radius 1 is 1.71 bits per heavy atom. The summed E-state index contributed by atoms with van der Waals surface area (Å²) in [4.78, 5) is 12.6. The molecule has 0 saturated carbocycles. The molecule has 14 heavy (non-hydrogen) atoms. The van der Waals surface area contributed by atoms with Crippen LogP contribution in [0, 0.1) is 0 Å². The number of carbonyl (C=O) groups is 1. The lowest BCUT2D eigenvalue weighted by molar-refractivity contribution is 0.0690. The van der Waals surface area contributed by atoms with Crippen molar-refractivity contribution in [1.29, 1.82) is 0 Å². The molecule has 0 spiro atoms. The summed E-state index contributed by atoms with van der Waals surface area (Å²) in [6, 6.07) is 0. The molecule has 0 atom stereocenters. The third-order valence-electron chi connectivity index (χ3n) is 2.01. The second-order valence-corrected chi connectivity index (χ2v) is 3.07. The molecule has 0 radical (unpaired) electrons. The summed E-state index contributed by atoms with van der Waals surface area (Å²) < 4.78 is 1.54. The number of hydrogen-bond donors (Lipinski definition) is 1. The second kappa shape index (κ2) is 4.71. The minimum atomic E-state index is -1.04. The lowest BCUT2D eigenvalue weighted by atomic mass is 10.5. The van der Waals surface area contributed by atoms with Gasteiger partial charge in [0.25, 0.3) is 0 Å². The van der Waals surface area contributed by atoms with Gasteiger partial charge in [-0.3, -0.25) is 4.68 Å². The monoisotopic (exact) mass is 198 g/mol. The molecule has 1 aromatic heterocycles. The molecular weight excluding hydrogens is 184 g/mol. The first-order valence-corrected chi connectivity index (χ1v) is 4.45. The molecule has 6 nitrogen and oxygen atoms in total. The first-order chi connectivity index (χ1) is 6.63. The van der Waals surface area contributed by atoms with Crippen molar-refractivity contribution in [3.63, 3.8) is 0 Å². The van der Waals surface area contributed by atoms with E-state index in [1.165, 1.54) is 10.9 Å². The van der Waals surface area contributed by atoms with Gasteiger partial charge in [-0.15, -0.1) is 5.10 Å². The van der Waals surface area contributed by atoms with Crippen molar-refractivity contribution in [3.8, 4) is 0 Å². The number of hydrogen-bond acceptors (Lipinski definition) is 4. The lowest BCUT2D eigenvalue weighted by Gasteiger charge is -2.12. The summed E-state index contributed by atoms with van der Waals surface area (Å²) in [6.45, 7) is 4.51. The Bertz CT molecular complexity index is 310. The standard InChI is InChI=1S/C8H14N4O2/c1-3-11(2)4-5-12-6-7(8(13)14)9-10-12/h6H,3-5H2,1-2H3,(H,13,14). The quantitative estimate of drug-likeness (QED) is 0.717. The van der Waals surface area contributed by atoms with Crippen LogP contribution in [0.5, 0.6) is 0 Å². The predicted molar refractivity (Wildman–Crippen MR) is 50.2 cm³/mol. The van der Waals surface area contributed by atoms with Crippen molar-refractivity contribution in [3.05, 3.63) is 11.9 Å². The van der Waals surface area contributed by atoms with Crippen LogP contribution in [0.25, 0.3) is 0 Å². The van der Waals surface area contributed by atoms with Crippen molar-refractivity contribution in [2.45, 2.75) is 13.5 Å². The first kappa shape index (κ1) is 10.6. The molecule has 1 aromatic rings. The van der Waals surface area contributed by atoms with Gasteiger partial charge in [-0.25, -0.2) is 4.79 Å². The normalized spacial score (nSPS) is 10.8. The second-order valence-electron chi connectivity index (χ2n) is 3.07. The zero-order valence-corrected chi connectivity index (χ0v) is 8.34. The van der Waals surface area contributed by atoms with Crippen molar-refractivity contribution in [1.82, 2.24) is 19.9 Å². The molecule has 0 amide bonds. The smallest absolute Gasteiger partial charge is 0.358 e. The minimum Gasteiger partial charge on any atom is -0.476 e. The third-order valence-corrected chi connectivity index (χ3v) is 2.01. The molecule has 0 fully saturated rings. The van der Waals surface area contributed by atoms with Crippen molar-refractivity contribution < 1.29 is 9.90 Å². The summed E-state index contributed by atoms with van der Waals surface area (Å²) >= 11 is 0. The molecule has 0 aliphatic heterocycles. The average molecular weight is 198 g/mol. The van der Waals surface area contributed by atoms with Gasteiger partial charge in [0, 0.05) is 6.54 Å². The molecule has 78 valence electrons. The highest BCUT2D eigenvalue weighted by Gasteiger charge is 2.07. The Hall–Kier alpha value is -1.43. The van der Waals surface area contributed by atoms with Gasteiger partial charge in [0.2, 0.25) is 0 Å². The van der Waals surface area contributed by atoms with Crippen LogP contribution in [0.15, 0.2) is 6.20 Å². The number of carboxylic acid groups (broad SMARTS) is 1. The number of rotatable bonds is 5. The molecule has 0 aliphatic carbocycles. The van der Waals surface area contributed by atoms with Gasteiger partial charge >= 0.3 is 5.97 Å². The van der Waals surface area contributed by atoms with Crippen LogP contribution in [0.3, 0.4) is 0 Å². The number of nitrogens with zero attached hydrogens (tertiary/aromatic N) is 4. The fraction of sp³-hybridized carbons (Fsp3) is 0.625. The van der Waals surface area contributed by atoms with Crippen LogP contribution in [0.4, 0.5) is 0 Å². The first-order valence-electron chi connectivity index (χ1n) is 4.45. The topological polar surface area (TPSA) is 71.2 Å². The Labute approximate surface area is 82.1 Å². The van der Waals surface area contributed by atoms with E-state index in [0.717, 1.165) is 13.1 Å². The maximum Gasteiger partial charge on any atom is 0.358 e. The summed E-state index contributed by atoms with van der Waals surface area (Å²) in [5.41, 5.74) is -0.0100. The van der Waals surface area contributed by atoms with Gasteiger partial charge in [0.15, 0.2) is 5.69 Å². The lowest BCUT2D eigenvalue weighted by Crippen LogP contribution is -2.22. The highest BCUT2D eigenvalue weighted by atomic mass is 16.4. The zero-order valence-electron chi connectivity index (χ0n) is 8.34. The van der Waals surface area contributed by atoms with E-state index in [9.17, 15) is 4.79 Å². The number of likely N-dealkylation sites (N-methyl/N-ethyl adjacent to an activating group) is 1. The number of aromatic carboxylic acids is 1. The van der Waals surface area contributed by atoms with Crippen molar-refractivity contribution >= 4 is 5.97 Å². The molecule has 1 N–H and O–H groups in total. The molecule has 0 saturated heterocycles. The highest BCUT2D eigenvalue weighted by Crippen LogP contribution is 1.93. The van der Waals surface area contributed by atoms with Crippen LogP contribution < -0.4 is 0 Å². The fourth-order valence-corrected chi connectivity index (χ4v) is 0.937. The van der Waals surface area contributed by atoms with E-state index in [4.69, 9.17) is 5.11 Å². The van der Waals surface area contributed by atoms with Crippen LogP contribution in [-0.4, -0.2) is 51.1 Å². The number of aromatic nitrogens is 3. The Kier molecular flexibility index (Phi) is 3.58. The maximum absolute atomic E-state index is 10.5. The molecule has 0 bridgehead atoms. The largest absolute Gasteiger partial charge is 0.476 e. The Morgan fingerprint density at radius 2 is 2.43 bits per heavy atom. The Morgan fingerprint density at radius 3 is 2.93 bits per heavy atom. The highest BCUT2D eigenvalue weighted by molar-refractivity contribution is 5.84. The summed E-state index contributed by atoms with van der Waals surface area (Å²) in [6.07, 6.45) is 1.44. The molecular formula is C8H14N4O2. The third kappa shape index (κ3) is 2.81. The van der Waals surface area contributed by atoms with Crippen LogP contribution in [0.2, 0.25) is 0 Å². The predicted octanol–water partition coefficient (Wildman–Crippen LogP) is -0.0720. The molecule has 1 rings (SSSR count). The van der Waals surface area contributed by atoms with E-state index in [0.29, 0.717) is 6.54 Å². The summed E-state index contributed by atoms with van der Waals surface area (Å²) in [5, 5.41) is 15.8. The summed E-state index contributed by atoms with van der Waals surface area (Å²) in [7, 11) is 2.00. The molecule has 0 unspecified atom stereocenters. The van der Waals surface area contributed by atoms with E-state index >= 15 is 0 Å². The van der Waals surface area contributed by atoms with Gasteiger partial charge in [-0.05, 0) is 13.6 Å². The maximum atomic E-state index is 10.5. The molecule has 0 aliphatic rings. The average Bonchev–Trinajstić information content (AvgIpc) is 2.62. The van der Waals surface area contributed by atoms with E-state index in [-0.39, 0.29) is 5.69 Å². The minimum absolute atomic E-state index is 0.0100. The van der Waals surface area contributed by atoms with Crippen LogP contribution in [0.1, 0.15) is 17.4 Å². The molecule has 6 heteroatoms. The van der Waals surface area contributed by atoms with Crippen molar-refractivity contribution in [2.24, 2.45) is 0 Å². The molecule has 1 heterocycles. The van der Waals surface area contributed by atoms with E-state index in [1.807, 2.05) is 7.05 Å². The zero-order chi connectivity index (χ0) is 10.6.